The molecule has 0 saturated heterocycles. The van der Waals surface area contributed by atoms with Crippen molar-refractivity contribution in [3.05, 3.63) is 46.2 Å². The third-order valence-corrected chi connectivity index (χ3v) is 5.03. The van der Waals surface area contributed by atoms with Crippen molar-refractivity contribution < 1.29 is 9.53 Å². The lowest BCUT2D eigenvalue weighted by Crippen LogP contribution is -2.27. The predicted octanol–water partition coefficient (Wildman–Crippen LogP) is 4.28. The van der Waals surface area contributed by atoms with Gasteiger partial charge >= 0.3 is 0 Å². The first-order valence-electron chi connectivity index (χ1n) is 8.50. The third-order valence-electron chi connectivity index (χ3n) is 3.95. The monoisotopic (exact) mass is 346 g/mol. The highest BCUT2D eigenvalue weighted by Gasteiger charge is 2.08. The van der Waals surface area contributed by atoms with Crippen LogP contribution in [0.25, 0.3) is 0 Å². The molecule has 24 heavy (non-hydrogen) atoms. The van der Waals surface area contributed by atoms with Gasteiger partial charge in [0.25, 0.3) is 5.91 Å². The summed E-state index contributed by atoms with van der Waals surface area (Å²) in [6, 6.07) is 9.48. The highest BCUT2D eigenvalue weighted by molar-refractivity contribution is 7.10. The summed E-state index contributed by atoms with van der Waals surface area (Å²) in [5, 5.41) is 4.82. The number of hydrogen-bond donors (Lipinski definition) is 1. The van der Waals surface area contributed by atoms with Gasteiger partial charge in [-0.15, -0.1) is 11.3 Å². The van der Waals surface area contributed by atoms with Gasteiger partial charge in [0.05, 0.1) is 5.56 Å². The highest BCUT2D eigenvalue weighted by Crippen LogP contribution is 2.19. The van der Waals surface area contributed by atoms with E-state index in [1.165, 1.54) is 4.88 Å². The van der Waals surface area contributed by atoms with Crippen LogP contribution >= 0.6 is 11.3 Å². The lowest BCUT2D eigenvalue weighted by atomic mass is 10.2. The number of nitrogens with one attached hydrogen (secondary N) is 1. The number of likely N-dealkylation sites (N-methyl/N-ethyl adjacent to an activating group) is 1. The van der Waals surface area contributed by atoms with Crippen molar-refractivity contribution >= 4 is 22.9 Å². The first-order chi connectivity index (χ1) is 11.7. The third kappa shape index (κ3) is 5.35. The molecule has 1 aromatic carbocycles. The van der Waals surface area contributed by atoms with E-state index < -0.39 is 0 Å². The minimum atomic E-state index is -0.0684. The predicted molar refractivity (Wildman–Crippen MR) is 101 cm³/mol. The van der Waals surface area contributed by atoms with Gasteiger partial charge < -0.3 is 15.0 Å². The fraction of sp³-hybridized carbons (Fsp3) is 0.421. The van der Waals surface area contributed by atoms with Gasteiger partial charge in [0, 0.05) is 22.5 Å². The summed E-state index contributed by atoms with van der Waals surface area (Å²) >= 11 is 1.62. The van der Waals surface area contributed by atoms with Crippen molar-refractivity contribution in [2.45, 2.75) is 27.2 Å². The van der Waals surface area contributed by atoms with Gasteiger partial charge in [-0.05, 0) is 49.8 Å². The molecular weight excluding hydrogens is 320 g/mol. The van der Waals surface area contributed by atoms with Gasteiger partial charge in [0.15, 0.2) is 0 Å². The van der Waals surface area contributed by atoms with E-state index in [0.717, 1.165) is 43.1 Å². The van der Waals surface area contributed by atoms with Gasteiger partial charge in [-0.1, -0.05) is 20.8 Å². The van der Waals surface area contributed by atoms with Crippen LogP contribution in [0.1, 0.15) is 36.0 Å². The SMILES string of the molecule is CCc1cc(C(=O)Nc2ccc(OCCN(CC)CC)cc2)cs1. The summed E-state index contributed by atoms with van der Waals surface area (Å²) in [5.41, 5.74) is 1.50. The van der Waals surface area contributed by atoms with Crippen LogP contribution < -0.4 is 10.1 Å². The molecule has 0 spiro atoms. The van der Waals surface area contributed by atoms with E-state index in [1.807, 2.05) is 35.7 Å². The number of ether oxygens (including phenoxy) is 1. The number of hydrogen-bond acceptors (Lipinski definition) is 4. The number of rotatable bonds is 9. The molecule has 0 bridgehead atoms. The molecule has 1 N–H and O–H groups in total. The summed E-state index contributed by atoms with van der Waals surface area (Å²) in [7, 11) is 0. The van der Waals surface area contributed by atoms with Gasteiger partial charge in [0.2, 0.25) is 0 Å². The van der Waals surface area contributed by atoms with Crippen molar-refractivity contribution in [3.8, 4) is 5.75 Å². The summed E-state index contributed by atoms with van der Waals surface area (Å²) in [6.07, 6.45) is 0.956. The van der Waals surface area contributed by atoms with Crippen molar-refractivity contribution in [3.63, 3.8) is 0 Å². The van der Waals surface area contributed by atoms with E-state index >= 15 is 0 Å². The van der Waals surface area contributed by atoms with Gasteiger partial charge in [-0.25, -0.2) is 0 Å². The van der Waals surface area contributed by atoms with Crippen LogP contribution in [0.15, 0.2) is 35.7 Å². The Kier molecular flexibility index (Phi) is 7.28. The second kappa shape index (κ2) is 9.45. The van der Waals surface area contributed by atoms with E-state index in [9.17, 15) is 4.79 Å². The molecule has 1 aromatic heterocycles. The molecule has 1 amide bonds. The number of aryl methyl sites for hydroxylation is 1. The number of carbonyl (C=O) groups excluding carboxylic acids is 1. The van der Waals surface area contributed by atoms with Crippen LogP contribution in [-0.4, -0.2) is 37.0 Å². The molecular formula is C19H26N2O2S. The molecule has 0 aliphatic rings. The summed E-state index contributed by atoms with van der Waals surface area (Å²) in [6.45, 7) is 10.0. The van der Waals surface area contributed by atoms with Crippen LogP contribution in [-0.2, 0) is 6.42 Å². The normalized spacial score (nSPS) is 10.8. The fourth-order valence-corrected chi connectivity index (χ4v) is 3.17. The Balaban J connectivity index is 1.84. The highest BCUT2D eigenvalue weighted by atomic mass is 32.1. The van der Waals surface area contributed by atoms with Crippen molar-refractivity contribution in [1.29, 1.82) is 0 Å². The molecule has 1 heterocycles. The maximum atomic E-state index is 12.2. The Morgan fingerprint density at radius 2 is 1.88 bits per heavy atom. The maximum absolute atomic E-state index is 12.2. The number of carbonyl (C=O) groups is 1. The van der Waals surface area contributed by atoms with Gasteiger partial charge in [-0.3, -0.25) is 4.79 Å². The topological polar surface area (TPSA) is 41.6 Å². The number of thiophene rings is 1. The first kappa shape index (κ1) is 18.5. The van der Waals surface area contributed by atoms with Crippen molar-refractivity contribution in [2.75, 3.05) is 31.6 Å². The number of benzene rings is 1. The molecule has 4 nitrogen and oxygen atoms in total. The summed E-state index contributed by atoms with van der Waals surface area (Å²) < 4.78 is 5.75. The maximum Gasteiger partial charge on any atom is 0.256 e. The Bertz CT molecular complexity index is 633. The van der Waals surface area contributed by atoms with E-state index in [-0.39, 0.29) is 5.91 Å². The molecule has 0 unspecified atom stereocenters. The van der Waals surface area contributed by atoms with Crippen molar-refractivity contribution in [1.82, 2.24) is 4.90 Å². The van der Waals surface area contributed by atoms with Crippen LogP contribution in [0.3, 0.4) is 0 Å². The van der Waals surface area contributed by atoms with E-state index in [1.54, 1.807) is 11.3 Å². The molecule has 0 saturated carbocycles. The lowest BCUT2D eigenvalue weighted by molar-refractivity contribution is 0.102. The van der Waals surface area contributed by atoms with Crippen LogP contribution in [0, 0.1) is 0 Å². The molecule has 0 radical (unpaired) electrons. The molecule has 0 aliphatic carbocycles. The Morgan fingerprint density at radius 1 is 1.17 bits per heavy atom. The Morgan fingerprint density at radius 3 is 2.46 bits per heavy atom. The number of nitrogens with zero attached hydrogens (tertiary/aromatic N) is 1. The van der Waals surface area contributed by atoms with Crippen molar-refractivity contribution in [2.24, 2.45) is 0 Å². The van der Waals surface area contributed by atoms with Gasteiger partial charge in [0.1, 0.15) is 12.4 Å². The molecule has 2 rings (SSSR count). The molecule has 5 heteroatoms. The first-order valence-corrected chi connectivity index (χ1v) is 9.38. The van der Waals surface area contributed by atoms with Crippen LogP contribution in [0.5, 0.6) is 5.75 Å². The lowest BCUT2D eigenvalue weighted by Gasteiger charge is -2.18. The standard InChI is InChI=1S/C19H26N2O2S/c1-4-18-13-15(14-24-18)19(22)20-16-7-9-17(10-8-16)23-12-11-21(5-2)6-3/h7-10,13-14H,4-6,11-12H2,1-3H3,(H,20,22). The Labute approximate surface area is 148 Å². The second-order valence-corrected chi connectivity index (χ2v) is 6.50. The van der Waals surface area contributed by atoms with Gasteiger partial charge in [-0.2, -0.15) is 0 Å². The minimum absolute atomic E-state index is 0.0684. The zero-order chi connectivity index (χ0) is 17.4. The average Bonchev–Trinajstić information content (AvgIpc) is 3.09. The largest absolute Gasteiger partial charge is 0.492 e. The fourth-order valence-electron chi connectivity index (χ4n) is 2.36. The zero-order valence-electron chi connectivity index (χ0n) is 14.7. The zero-order valence-corrected chi connectivity index (χ0v) is 15.5. The van der Waals surface area contributed by atoms with Crippen LogP contribution in [0.2, 0.25) is 0 Å². The van der Waals surface area contributed by atoms with Crippen LogP contribution in [0.4, 0.5) is 5.69 Å². The average molecular weight is 346 g/mol. The summed E-state index contributed by atoms with van der Waals surface area (Å²) in [4.78, 5) is 15.7. The van der Waals surface area contributed by atoms with E-state index in [0.29, 0.717) is 6.61 Å². The second-order valence-electron chi connectivity index (χ2n) is 5.51. The van der Waals surface area contributed by atoms with E-state index in [4.69, 9.17) is 4.74 Å². The molecule has 130 valence electrons. The minimum Gasteiger partial charge on any atom is -0.492 e. The molecule has 0 aliphatic heterocycles. The molecule has 0 atom stereocenters. The van der Waals surface area contributed by atoms with E-state index in [2.05, 4.69) is 31.0 Å². The Hall–Kier alpha value is -1.85. The molecule has 2 aromatic rings. The quantitative estimate of drug-likeness (QED) is 0.737. The number of amides is 1. The smallest absolute Gasteiger partial charge is 0.256 e. The number of anilines is 1. The summed E-state index contributed by atoms with van der Waals surface area (Å²) in [5.74, 6) is 0.755. The molecule has 0 fully saturated rings.